The topological polar surface area (TPSA) is 39.3 Å². The van der Waals surface area contributed by atoms with Crippen molar-refractivity contribution < 1.29 is 4.79 Å². The van der Waals surface area contributed by atoms with Crippen LogP contribution in [0.3, 0.4) is 0 Å². The maximum absolute atomic E-state index is 13.2. The molecule has 0 aliphatic carbocycles. The van der Waals surface area contributed by atoms with Crippen LogP contribution < -0.4 is 0 Å². The van der Waals surface area contributed by atoms with Crippen LogP contribution in [0.1, 0.15) is 48.7 Å². The minimum Gasteiger partial charge on any atom is -0.351 e. The lowest BCUT2D eigenvalue weighted by Crippen LogP contribution is -2.46. The Hall–Kier alpha value is -2.30. The van der Waals surface area contributed by atoms with E-state index in [1.165, 1.54) is 31.2 Å². The molecule has 1 aromatic heterocycles. The summed E-state index contributed by atoms with van der Waals surface area (Å²) in [6, 6.07) is 19.5. The molecule has 3 heterocycles. The number of aromatic nitrogens is 1. The summed E-state index contributed by atoms with van der Waals surface area (Å²) in [7, 11) is 0. The molecule has 2 bridgehead atoms. The average Bonchev–Trinajstić information content (AvgIpc) is 3.29. The Bertz CT molecular complexity index is 1030. The number of hydrogen-bond acceptors (Lipinski definition) is 2. The summed E-state index contributed by atoms with van der Waals surface area (Å²) in [5.41, 5.74) is 3.02. The third-order valence-corrected chi connectivity index (χ3v) is 7.38. The molecule has 2 aromatic carbocycles. The van der Waals surface area contributed by atoms with Crippen LogP contribution in [0.25, 0.3) is 10.9 Å². The fraction of sp³-hybridized carbons (Fsp3) is 0.423. The summed E-state index contributed by atoms with van der Waals surface area (Å²) in [6.07, 6.45) is 4.88. The van der Waals surface area contributed by atoms with E-state index in [4.69, 9.17) is 11.6 Å². The van der Waals surface area contributed by atoms with Gasteiger partial charge in [0.15, 0.2) is 0 Å². The van der Waals surface area contributed by atoms with E-state index in [0.717, 1.165) is 35.6 Å². The number of nitrogens with one attached hydrogen (secondary N) is 1. The van der Waals surface area contributed by atoms with Crippen molar-refractivity contribution in [3.05, 3.63) is 70.9 Å². The Labute approximate surface area is 189 Å². The highest BCUT2D eigenvalue weighted by Gasteiger charge is 2.41. The third-order valence-electron chi connectivity index (χ3n) is 7.14. The molecule has 2 aliphatic heterocycles. The molecule has 0 saturated carbocycles. The Morgan fingerprint density at radius 1 is 1.10 bits per heavy atom. The highest BCUT2D eigenvalue weighted by atomic mass is 35.5. The van der Waals surface area contributed by atoms with Crippen LogP contribution in [0, 0.1) is 5.92 Å². The number of fused-ring (bicyclic) bond motifs is 3. The second kappa shape index (κ2) is 8.68. The summed E-state index contributed by atoms with van der Waals surface area (Å²) in [5.74, 6) is 0.689. The van der Waals surface area contributed by atoms with Crippen LogP contribution in [0.15, 0.2) is 54.6 Å². The van der Waals surface area contributed by atoms with Gasteiger partial charge in [-0.25, -0.2) is 0 Å². The van der Waals surface area contributed by atoms with Crippen LogP contribution in [0.4, 0.5) is 0 Å². The minimum absolute atomic E-state index is 0.118. The first-order valence-corrected chi connectivity index (χ1v) is 11.9. The molecule has 0 radical (unpaired) electrons. The SMILES string of the molecule is CCN(CC1CC2CCC(C1)N2Cc1cccc(Cl)c1)C(=O)c1cc2ccccc2[nH]1. The first-order chi connectivity index (χ1) is 15.1. The number of rotatable bonds is 6. The van der Waals surface area contributed by atoms with E-state index in [-0.39, 0.29) is 5.91 Å². The van der Waals surface area contributed by atoms with E-state index < -0.39 is 0 Å². The van der Waals surface area contributed by atoms with Gasteiger partial charge in [-0.15, -0.1) is 0 Å². The zero-order valence-electron chi connectivity index (χ0n) is 18.1. The zero-order valence-corrected chi connectivity index (χ0v) is 18.8. The molecule has 162 valence electrons. The molecule has 0 spiro atoms. The molecule has 1 N–H and O–H groups in total. The van der Waals surface area contributed by atoms with Gasteiger partial charge < -0.3 is 9.88 Å². The van der Waals surface area contributed by atoms with Crippen molar-refractivity contribution in [3.8, 4) is 0 Å². The molecule has 5 rings (SSSR count). The molecule has 3 aromatic rings. The van der Waals surface area contributed by atoms with E-state index >= 15 is 0 Å². The van der Waals surface area contributed by atoms with Crippen molar-refractivity contribution in [2.24, 2.45) is 5.92 Å². The Kier molecular flexibility index (Phi) is 5.77. The van der Waals surface area contributed by atoms with Crippen molar-refractivity contribution in [1.29, 1.82) is 0 Å². The van der Waals surface area contributed by atoms with Crippen LogP contribution in [0.5, 0.6) is 0 Å². The van der Waals surface area contributed by atoms with Gasteiger partial charge in [-0.1, -0.05) is 41.9 Å². The van der Waals surface area contributed by atoms with Gasteiger partial charge in [-0.3, -0.25) is 9.69 Å². The van der Waals surface area contributed by atoms with Gasteiger partial charge >= 0.3 is 0 Å². The zero-order chi connectivity index (χ0) is 21.4. The maximum atomic E-state index is 13.2. The number of aromatic amines is 1. The second-order valence-corrected chi connectivity index (χ2v) is 9.58. The Morgan fingerprint density at radius 2 is 1.87 bits per heavy atom. The van der Waals surface area contributed by atoms with E-state index in [9.17, 15) is 4.79 Å². The molecule has 5 heteroatoms. The monoisotopic (exact) mass is 435 g/mol. The fourth-order valence-corrected chi connectivity index (χ4v) is 5.88. The molecule has 2 saturated heterocycles. The van der Waals surface area contributed by atoms with Gasteiger partial charge in [0.05, 0.1) is 0 Å². The van der Waals surface area contributed by atoms with Gasteiger partial charge in [-0.05, 0) is 68.4 Å². The number of halogens is 1. The predicted octanol–water partition coefficient (Wildman–Crippen LogP) is 5.73. The standard InChI is InChI=1S/C26H30ClN3O/c1-2-29(26(31)25-15-20-7-3-4-9-24(20)28-25)16-19-13-22-10-11-23(14-19)30(22)17-18-6-5-8-21(27)12-18/h3-9,12,15,19,22-23,28H,2,10-11,13-14,16-17H2,1H3. The number of amides is 1. The summed E-state index contributed by atoms with van der Waals surface area (Å²) in [5, 5.41) is 1.91. The van der Waals surface area contributed by atoms with Gasteiger partial charge in [0.2, 0.25) is 0 Å². The lowest BCUT2D eigenvalue weighted by molar-refractivity contribution is 0.0588. The lowest BCUT2D eigenvalue weighted by atomic mass is 9.89. The minimum atomic E-state index is 0.118. The molecular formula is C26H30ClN3O. The molecule has 2 unspecified atom stereocenters. The highest BCUT2D eigenvalue weighted by Crippen LogP contribution is 2.40. The average molecular weight is 436 g/mol. The van der Waals surface area contributed by atoms with Crippen LogP contribution in [-0.2, 0) is 6.54 Å². The van der Waals surface area contributed by atoms with Crippen LogP contribution >= 0.6 is 11.6 Å². The first kappa shape index (κ1) is 20.6. The highest BCUT2D eigenvalue weighted by molar-refractivity contribution is 6.30. The number of benzene rings is 2. The van der Waals surface area contributed by atoms with Crippen LogP contribution in [0.2, 0.25) is 5.02 Å². The fourth-order valence-electron chi connectivity index (χ4n) is 5.67. The summed E-state index contributed by atoms with van der Waals surface area (Å²) >= 11 is 6.19. The van der Waals surface area contributed by atoms with Gasteiger partial charge in [0, 0.05) is 47.6 Å². The molecule has 2 atom stereocenters. The van der Waals surface area contributed by atoms with E-state index in [2.05, 4.69) is 28.9 Å². The second-order valence-electron chi connectivity index (χ2n) is 9.14. The number of para-hydroxylation sites is 1. The van der Waals surface area contributed by atoms with Crippen molar-refractivity contribution in [2.75, 3.05) is 13.1 Å². The summed E-state index contributed by atoms with van der Waals surface area (Å²) in [6.45, 7) is 4.66. The first-order valence-electron chi connectivity index (χ1n) is 11.5. The number of H-pyrrole nitrogens is 1. The normalized spacial score (nSPS) is 23.4. The molecule has 1 amide bonds. The molecule has 2 aliphatic rings. The Morgan fingerprint density at radius 3 is 2.58 bits per heavy atom. The van der Waals surface area contributed by atoms with Gasteiger partial charge in [0.1, 0.15) is 5.69 Å². The maximum Gasteiger partial charge on any atom is 0.270 e. The largest absolute Gasteiger partial charge is 0.351 e. The summed E-state index contributed by atoms with van der Waals surface area (Å²) in [4.78, 5) is 21.2. The Balaban J connectivity index is 1.24. The number of carbonyl (C=O) groups is 1. The number of piperidine rings is 1. The van der Waals surface area contributed by atoms with E-state index in [1.54, 1.807) is 0 Å². The predicted molar refractivity (Wildman–Crippen MR) is 126 cm³/mol. The van der Waals surface area contributed by atoms with Crippen LogP contribution in [-0.4, -0.2) is 45.9 Å². The molecule has 2 fully saturated rings. The molecule has 31 heavy (non-hydrogen) atoms. The smallest absolute Gasteiger partial charge is 0.270 e. The van der Waals surface area contributed by atoms with Crippen molar-refractivity contribution in [3.63, 3.8) is 0 Å². The van der Waals surface area contributed by atoms with Crippen molar-refractivity contribution >= 4 is 28.4 Å². The molecular weight excluding hydrogens is 406 g/mol. The lowest BCUT2D eigenvalue weighted by Gasteiger charge is -2.40. The van der Waals surface area contributed by atoms with E-state index in [1.807, 2.05) is 47.4 Å². The number of hydrogen-bond donors (Lipinski definition) is 1. The van der Waals surface area contributed by atoms with Crippen molar-refractivity contribution in [1.82, 2.24) is 14.8 Å². The van der Waals surface area contributed by atoms with E-state index in [0.29, 0.717) is 23.7 Å². The third kappa shape index (κ3) is 4.24. The molecule has 4 nitrogen and oxygen atoms in total. The number of nitrogens with zero attached hydrogens (tertiary/aromatic N) is 2. The summed E-state index contributed by atoms with van der Waals surface area (Å²) < 4.78 is 0. The van der Waals surface area contributed by atoms with Gasteiger partial charge in [-0.2, -0.15) is 0 Å². The number of carbonyl (C=O) groups excluding carboxylic acids is 1. The van der Waals surface area contributed by atoms with Gasteiger partial charge in [0.25, 0.3) is 5.91 Å². The van der Waals surface area contributed by atoms with Crippen molar-refractivity contribution in [2.45, 2.75) is 51.2 Å². The quantitative estimate of drug-likeness (QED) is 0.537.